The van der Waals surface area contributed by atoms with E-state index in [1.807, 2.05) is 0 Å². The van der Waals surface area contributed by atoms with Gasteiger partial charge in [0.25, 0.3) is 0 Å². The van der Waals surface area contributed by atoms with E-state index in [9.17, 15) is 5.11 Å². The molecule has 4 fully saturated rings. The van der Waals surface area contributed by atoms with Crippen molar-refractivity contribution < 1.29 is 5.11 Å². The summed E-state index contributed by atoms with van der Waals surface area (Å²) in [4.78, 5) is 0. The maximum atomic E-state index is 11.1. The molecule has 28 heavy (non-hydrogen) atoms. The van der Waals surface area contributed by atoms with Crippen molar-refractivity contribution in [1.29, 1.82) is 0 Å². The fourth-order valence-electron chi connectivity index (χ4n) is 9.34. The predicted octanol–water partition coefficient (Wildman–Crippen LogP) is 7.47. The number of fused-ring (bicyclic) bond motifs is 5. The molecule has 0 radical (unpaired) electrons. The first-order valence-corrected chi connectivity index (χ1v) is 13.0. The molecule has 1 nitrogen and oxygen atoms in total. The van der Waals surface area contributed by atoms with Crippen LogP contribution < -0.4 is 0 Å². The van der Waals surface area contributed by atoms with Crippen LogP contribution in [0.3, 0.4) is 0 Å². The Morgan fingerprint density at radius 3 is 2.39 bits per heavy atom. The number of aliphatic hydroxyl groups is 1. The monoisotopic (exact) mass is 388 g/mol. The van der Waals surface area contributed by atoms with Gasteiger partial charge in [0.1, 0.15) is 0 Å². The molecule has 9 atom stereocenters. The van der Waals surface area contributed by atoms with E-state index < -0.39 is 0 Å². The van der Waals surface area contributed by atoms with Crippen molar-refractivity contribution in [2.45, 2.75) is 118 Å². The summed E-state index contributed by atoms with van der Waals surface area (Å²) >= 11 is 0. The summed E-state index contributed by atoms with van der Waals surface area (Å²) in [5.41, 5.74) is 0.810. The second kappa shape index (κ2) is 7.90. The van der Waals surface area contributed by atoms with E-state index in [2.05, 4.69) is 34.6 Å². The molecule has 1 heteroatoms. The predicted molar refractivity (Wildman–Crippen MR) is 119 cm³/mol. The van der Waals surface area contributed by atoms with Crippen LogP contribution in [0.2, 0.25) is 0 Å². The van der Waals surface area contributed by atoms with Crippen LogP contribution >= 0.6 is 0 Å². The summed E-state index contributed by atoms with van der Waals surface area (Å²) < 4.78 is 0. The summed E-state index contributed by atoms with van der Waals surface area (Å²) in [5.74, 6) is 6.15. The maximum absolute atomic E-state index is 11.1. The number of hydrogen-bond donors (Lipinski definition) is 1. The van der Waals surface area contributed by atoms with E-state index in [-0.39, 0.29) is 11.5 Å². The van der Waals surface area contributed by atoms with Gasteiger partial charge in [0.15, 0.2) is 0 Å². The van der Waals surface area contributed by atoms with E-state index in [0.717, 1.165) is 47.8 Å². The van der Waals surface area contributed by atoms with Crippen LogP contribution in [0.25, 0.3) is 0 Å². The number of rotatable bonds is 5. The molecule has 0 amide bonds. The van der Waals surface area contributed by atoms with Crippen molar-refractivity contribution in [3.8, 4) is 0 Å². The van der Waals surface area contributed by atoms with Gasteiger partial charge in [0.2, 0.25) is 0 Å². The fraction of sp³-hybridized carbons (Fsp3) is 1.00. The first-order chi connectivity index (χ1) is 13.3. The van der Waals surface area contributed by atoms with E-state index in [1.54, 1.807) is 0 Å². The Hall–Kier alpha value is -0.0400. The minimum absolute atomic E-state index is 0.0319. The van der Waals surface area contributed by atoms with E-state index >= 15 is 0 Å². The first-order valence-electron chi connectivity index (χ1n) is 13.0. The lowest BCUT2D eigenvalue weighted by Crippen LogP contribution is -2.57. The minimum Gasteiger partial charge on any atom is -0.393 e. The van der Waals surface area contributed by atoms with Gasteiger partial charge in [-0.1, -0.05) is 60.3 Å². The summed E-state index contributed by atoms with van der Waals surface area (Å²) in [6, 6.07) is 0. The van der Waals surface area contributed by atoms with Gasteiger partial charge in [0.05, 0.1) is 6.10 Å². The highest BCUT2D eigenvalue weighted by molar-refractivity contribution is 5.10. The Kier molecular flexibility index (Phi) is 5.98. The van der Waals surface area contributed by atoms with Gasteiger partial charge in [-0.2, -0.15) is 0 Å². The Morgan fingerprint density at radius 1 is 0.857 bits per heavy atom. The molecule has 4 rings (SSSR count). The molecule has 0 bridgehead atoms. The Bertz CT molecular complexity index is 540. The number of hydrogen-bond acceptors (Lipinski definition) is 1. The maximum Gasteiger partial charge on any atom is 0.0599 e. The van der Waals surface area contributed by atoms with E-state index in [4.69, 9.17) is 0 Å². The molecular weight excluding hydrogens is 340 g/mol. The highest BCUT2D eigenvalue weighted by Crippen LogP contribution is 2.68. The zero-order valence-electron chi connectivity index (χ0n) is 19.6. The van der Waals surface area contributed by atoms with Gasteiger partial charge in [-0.05, 0) is 104 Å². The van der Waals surface area contributed by atoms with Crippen LogP contribution in [0.1, 0.15) is 112 Å². The fourth-order valence-corrected chi connectivity index (χ4v) is 9.34. The zero-order chi connectivity index (χ0) is 20.1. The third kappa shape index (κ3) is 3.30. The average molecular weight is 389 g/mol. The van der Waals surface area contributed by atoms with Crippen molar-refractivity contribution in [2.24, 2.45) is 52.3 Å². The van der Waals surface area contributed by atoms with Crippen LogP contribution in [0, 0.1) is 52.3 Å². The Balaban J connectivity index is 1.49. The lowest BCUT2D eigenvalue weighted by Gasteiger charge is -2.62. The van der Waals surface area contributed by atoms with Crippen molar-refractivity contribution in [3.05, 3.63) is 0 Å². The SMILES string of the molecule is CC(C)CCC[C@H](C)[C@@H]1CC[C@H]2[C@H]3CC[C@H]4CCC[C@H](O)[C@]4(C)[C@H]3CC[C@@]21C. The smallest absolute Gasteiger partial charge is 0.0599 e. The van der Waals surface area contributed by atoms with Crippen LogP contribution in [0.5, 0.6) is 0 Å². The highest BCUT2D eigenvalue weighted by Gasteiger charge is 2.61. The largest absolute Gasteiger partial charge is 0.393 e. The standard InChI is InChI=1S/C27H48O/c1-18(2)8-6-9-19(3)22-14-15-23-21-13-12-20-10-7-11-25(28)27(20,5)24(21)16-17-26(22,23)4/h18-25,28H,6-17H2,1-5H3/t19-,20+,21+,22-,23-,24-,25-,26+,27-/m0/s1. The molecule has 4 saturated carbocycles. The average Bonchev–Trinajstić information content (AvgIpc) is 3.00. The number of aliphatic hydroxyl groups excluding tert-OH is 1. The third-order valence-corrected chi connectivity index (χ3v) is 10.9. The molecule has 0 aliphatic heterocycles. The molecule has 1 N–H and O–H groups in total. The van der Waals surface area contributed by atoms with Crippen LogP contribution in [-0.4, -0.2) is 11.2 Å². The second-order valence-corrected chi connectivity index (χ2v) is 12.5. The first kappa shape index (κ1) is 21.2. The second-order valence-electron chi connectivity index (χ2n) is 12.5. The quantitative estimate of drug-likeness (QED) is 0.518. The third-order valence-electron chi connectivity index (χ3n) is 10.9. The molecule has 0 spiro atoms. The molecule has 4 aliphatic carbocycles. The topological polar surface area (TPSA) is 20.2 Å². The normalized spacial score (nSPS) is 49.4. The zero-order valence-corrected chi connectivity index (χ0v) is 19.6. The Morgan fingerprint density at radius 2 is 1.64 bits per heavy atom. The summed E-state index contributed by atoms with van der Waals surface area (Å²) in [5, 5.41) is 11.1. The summed E-state index contributed by atoms with van der Waals surface area (Å²) in [7, 11) is 0. The van der Waals surface area contributed by atoms with Gasteiger partial charge < -0.3 is 5.11 Å². The van der Waals surface area contributed by atoms with E-state index in [0.29, 0.717) is 5.41 Å². The Labute approximate surface area is 175 Å². The molecule has 0 aromatic heterocycles. The summed E-state index contributed by atoms with van der Waals surface area (Å²) in [6.45, 7) is 12.5. The van der Waals surface area contributed by atoms with Gasteiger partial charge in [-0.15, -0.1) is 0 Å². The van der Waals surface area contributed by atoms with Gasteiger partial charge in [-0.3, -0.25) is 0 Å². The van der Waals surface area contributed by atoms with Gasteiger partial charge in [-0.25, -0.2) is 0 Å². The molecule has 0 unspecified atom stereocenters. The highest BCUT2D eigenvalue weighted by atomic mass is 16.3. The molecule has 4 aliphatic rings. The summed E-state index contributed by atoms with van der Waals surface area (Å²) in [6.07, 6.45) is 16.6. The van der Waals surface area contributed by atoms with E-state index in [1.165, 1.54) is 70.6 Å². The van der Waals surface area contributed by atoms with Gasteiger partial charge >= 0.3 is 0 Å². The lowest BCUT2D eigenvalue weighted by molar-refractivity contribution is -0.164. The van der Waals surface area contributed by atoms with Crippen molar-refractivity contribution in [1.82, 2.24) is 0 Å². The van der Waals surface area contributed by atoms with Crippen LogP contribution in [0.15, 0.2) is 0 Å². The van der Waals surface area contributed by atoms with Crippen LogP contribution in [-0.2, 0) is 0 Å². The van der Waals surface area contributed by atoms with Crippen molar-refractivity contribution in [3.63, 3.8) is 0 Å². The molecule has 162 valence electrons. The van der Waals surface area contributed by atoms with Crippen molar-refractivity contribution in [2.75, 3.05) is 0 Å². The molecule has 0 saturated heterocycles. The van der Waals surface area contributed by atoms with Gasteiger partial charge in [0, 0.05) is 0 Å². The molecule has 0 heterocycles. The molecular formula is C27H48O. The molecule has 0 aromatic rings. The van der Waals surface area contributed by atoms with Crippen LogP contribution in [0.4, 0.5) is 0 Å². The molecule has 0 aromatic carbocycles. The lowest BCUT2D eigenvalue weighted by atomic mass is 9.44. The van der Waals surface area contributed by atoms with Crippen molar-refractivity contribution >= 4 is 0 Å². The minimum atomic E-state index is -0.0319.